The predicted molar refractivity (Wildman–Crippen MR) is 456 cm³/mol. The minimum absolute atomic E-state index is 0. The molecule has 0 aliphatic heterocycles. The molecule has 0 rings (SSSR count). The molecule has 0 saturated heterocycles. The van der Waals surface area contributed by atoms with E-state index < -0.39 is 50.4 Å². The Balaban J connectivity index is -0.0000000544. The number of hydrogen-bond donors (Lipinski definition) is 9. The molecule has 27 heteroatoms. The van der Waals surface area contributed by atoms with Crippen LogP contribution in [0, 0.1) is 355 Å². The van der Waals surface area contributed by atoms with Crippen molar-refractivity contribution >= 4 is 51.4 Å². The van der Waals surface area contributed by atoms with Crippen molar-refractivity contribution in [2.75, 3.05) is 40.8 Å². The summed E-state index contributed by atoms with van der Waals surface area (Å²) in [5.74, 6) is 0.703. The van der Waals surface area contributed by atoms with Gasteiger partial charge in [-0.1, -0.05) is 144 Å². The van der Waals surface area contributed by atoms with E-state index in [1.54, 1.807) is 41.9 Å². The molecular formula is C84H177Er6Ho3N9O9. The molecule has 0 heterocycles. The molecule has 6 atom stereocenters. The normalized spacial score (nSPS) is 15.5. The van der Waals surface area contributed by atoms with Crippen LogP contribution < -0.4 is 0 Å². The SMILES string of the molecule is CCC(C)(O)C(C)=NC.CCC(C)(O)C(C)=NC(C)C.CCC(O)(CC)C(C)=NC.CCC(O)(CC)C(C)=NC(C)C.CCCC(O)(C(C)=NC(C)C)C(C)C.CCCC(O)(C(C)=NC)C(C)C.CCCC(O)(C(C)=NCC)C(C)C.CCN=C(C)C(C)(O)CC.CCN=C(C)C(O)(CC)CC.[Er].[Er].[Er].[Er].[Er].[Er].[Ho].[Ho].[Ho]. The Morgan fingerprint density at radius 2 is 0.450 bits per heavy atom. The van der Waals surface area contributed by atoms with Crippen LogP contribution in [0.25, 0.3) is 0 Å². The molecule has 0 aromatic carbocycles. The third-order valence-electron chi connectivity index (χ3n) is 20.1. The quantitative estimate of drug-likeness (QED) is 0.0223. The van der Waals surface area contributed by atoms with E-state index in [1.165, 1.54) is 0 Å². The van der Waals surface area contributed by atoms with Gasteiger partial charge in [-0.05, 0) is 240 Å². The van der Waals surface area contributed by atoms with Crippen LogP contribution in [0.2, 0.25) is 0 Å². The molecule has 6 unspecified atom stereocenters. The first-order chi connectivity index (χ1) is 46.5. The van der Waals surface area contributed by atoms with Crippen molar-refractivity contribution in [3.05, 3.63) is 0 Å². The zero-order valence-electron chi connectivity index (χ0n) is 77.9. The van der Waals surface area contributed by atoms with Crippen LogP contribution in [0.4, 0.5) is 0 Å². The summed E-state index contributed by atoms with van der Waals surface area (Å²) >= 11 is 0. The number of nitrogens with zero attached hydrogens (tertiary/aromatic N) is 9. The second kappa shape index (κ2) is 89.9. The number of hydrogen-bond acceptors (Lipinski definition) is 18. The first kappa shape index (κ1) is 162. The molecule has 0 aromatic rings. The van der Waals surface area contributed by atoms with Gasteiger partial charge in [-0.25, -0.2) is 0 Å². The molecule has 0 spiro atoms. The molecule has 111 heavy (non-hydrogen) atoms. The maximum absolute atomic E-state index is 10.5. The third-order valence-corrected chi connectivity index (χ3v) is 20.1. The van der Waals surface area contributed by atoms with Gasteiger partial charge in [0.05, 0.1) is 16.8 Å². The van der Waals surface area contributed by atoms with E-state index in [0.29, 0.717) is 0 Å². The van der Waals surface area contributed by atoms with Crippen LogP contribution in [0.5, 0.6) is 0 Å². The van der Waals surface area contributed by atoms with Crippen molar-refractivity contribution in [2.24, 2.45) is 62.7 Å². The van der Waals surface area contributed by atoms with Crippen LogP contribution in [-0.4, -0.2) is 207 Å². The van der Waals surface area contributed by atoms with Gasteiger partial charge in [-0.3, -0.25) is 44.9 Å². The number of aliphatic hydroxyl groups is 9. The molecule has 18 nitrogen and oxygen atoms in total. The van der Waals surface area contributed by atoms with Gasteiger partial charge in [-0.15, -0.1) is 0 Å². The van der Waals surface area contributed by atoms with Crippen molar-refractivity contribution in [3.8, 4) is 0 Å². The largest absolute Gasteiger partial charge is 0.384 e. The standard InChI is InChI=1S/C12H25NO.C11H23NO.2C10H21NO.2C9H19NO.2C8H17NO.C7H15NO.6Er.3Ho/c1-7-8-12(14,9(2)3)11(6)13-10(4)5;1-6-8-11(13,9(3)4)10(5)12-7-2;1-6-7-10(12,8(2)3)9(4)11-5;1-6-10(12,7-2)9(5)11-8(3)4;1-6-9(5,11)8(4)10-7(2)3;1-5-9(11,6-2)8(4)10-7-3;1-5-8(10,6-2)7(3)9-4;1-5-8(4,10)7(3)9-6-2;1-5-7(3,9)6(2)8-4;;;;;;;;;/h9-10,14H,7-8H2,1-6H3;9,13H,6-8H2,1-5H3;2*8,12H,6-7H2,1-5H3;7,11H,6H2,1-5H3;11H,5-7H2,1-4H3;2*10H,5-6H2,1-4H3;9H,5H2,1-4H3;;;;;;;;;. The summed E-state index contributed by atoms with van der Waals surface area (Å²) in [6.07, 6.45) is 12.0. The molecular weight excluding hydrogens is 2780 g/mol. The summed E-state index contributed by atoms with van der Waals surface area (Å²) in [4.78, 5) is 37.7. The molecule has 717 valence electrons. The van der Waals surface area contributed by atoms with E-state index >= 15 is 0 Å². The van der Waals surface area contributed by atoms with E-state index in [1.807, 2.05) is 215 Å². The van der Waals surface area contributed by atoms with Crippen molar-refractivity contribution in [2.45, 2.75) is 435 Å². The second-order valence-corrected chi connectivity index (χ2v) is 29.6. The Morgan fingerprint density at radius 1 is 0.252 bits per heavy atom. The third kappa shape index (κ3) is 74.4. The summed E-state index contributed by atoms with van der Waals surface area (Å²) in [5.41, 5.74) is 1.43. The van der Waals surface area contributed by atoms with Crippen molar-refractivity contribution < 1.29 is 383 Å². The van der Waals surface area contributed by atoms with Crippen LogP contribution >= 0.6 is 0 Å². The van der Waals surface area contributed by atoms with Crippen molar-refractivity contribution in [3.63, 3.8) is 0 Å². The fourth-order valence-electron chi connectivity index (χ4n) is 10.2. The smallest absolute Gasteiger partial charge is 0.104 e. The zero-order chi connectivity index (χ0) is 83.3. The minimum atomic E-state index is -0.718. The molecule has 0 bridgehead atoms. The Morgan fingerprint density at radius 3 is 0.658 bits per heavy atom. The van der Waals surface area contributed by atoms with E-state index in [-0.39, 0.29) is 373 Å². The van der Waals surface area contributed by atoms with Crippen LogP contribution in [0.15, 0.2) is 44.9 Å². The van der Waals surface area contributed by atoms with Gasteiger partial charge in [0.2, 0.25) is 0 Å². The molecule has 0 aromatic heterocycles. The van der Waals surface area contributed by atoms with Gasteiger partial charge in [-0.2, -0.15) is 0 Å². The van der Waals surface area contributed by atoms with Crippen molar-refractivity contribution in [1.29, 1.82) is 0 Å². The van der Waals surface area contributed by atoms with Crippen LogP contribution in [-0.2, 0) is 0 Å². The van der Waals surface area contributed by atoms with Gasteiger partial charge in [0.15, 0.2) is 0 Å². The van der Waals surface area contributed by atoms with E-state index in [0.717, 1.165) is 167 Å². The molecule has 0 aliphatic rings. The summed E-state index contributed by atoms with van der Waals surface area (Å²) in [7, 11) is 5.14. The first-order valence-electron chi connectivity index (χ1n) is 39.5. The molecule has 0 amide bonds. The Bertz CT molecular complexity index is 2420. The minimum Gasteiger partial charge on any atom is -0.384 e. The van der Waals surface area contributed by atoms with Gasteiger partial charge in [0.25, 0.3) is 0 Å². The predicted octanol–water partition coefficient (Wildman–Crippen LogP) is 18.9. The molecule has 0 aliphatic carbocycles. The summed E-state index contributed by atoms with van der Waals surface area (Å²) in [6.45, 7) is 79.0. The fourth-order valence-corrected chi connectivity index (χ4v) is 10.2. The first-order valence-corrected chi connectivity index (χ1v) is 39.5. The molecule has 9 N–H and O–H groups in total. The number of rotatable bonds is 33. The second-order valence-electron chi connectivity index (χ2n) is 29.6. The van der Waals surface area contributed by atoms with Gasteiger partial charge < -0.3 is 46.0 Å². The maximum atomic E-state index is 10.5. The van der Waals surface area contributed by atoms with Gasteiger partial charge in [0.1, 0.15) is 33.6 Å². The summed E-state index contributed by atoms with van der Waals surface area (Å²) in [5, 5.41) is 89.5. The Labute approximate surface area is 955 Å². The van der Waals surface area contributed by atoms with Gasteiger partial charge >= 0.3 is 0 Å². The van der Waals surface area contributed by atoms with Crippen molar-refractivity contribution in [1.82, 2.24) is 0 Å². The summed E-state index contributed by atoms with van der Waals surface area (Å²) < 4.78 is 0. The average Bonchev–Trinajstić information content (AvgIpc) is 0.830. The zero-order valence-corrected chi connectivity index (χ0v) is 94.8. The Kier molecular flexibility index (Phi) is 131. The topological polar surface area (TPSA) is 293 Å². The molecule has 0 fully saturated rings. The summed E-state index contributed by atoms with van der Waals surface area (Å²) in [6, 6.07) is 0.805. The Hall–Kier alpha value is 7.93. The van der Waals surface area contributed by atoms with Gasteiger partial charge in [0, 0.05) is 447 Å². The van der Waals surface area contributed by atoms with Crippen LogP contribution in [0.1, 0.15) is 366 Å². The van der Waals surface area contributed by atoms with E-state index in [4.69, 9.17) is 0 Å². The molecule has 3 radical (unpaired) electrons. The fraction of sp³-hybridized carbons (Fsp3) is 0.893. The monoisotopic (exact) mass is 2950 g/mol. The maximum Gasteiger partial charge on any atom is 0.104 e. The van der Waals surface area contributed by atoms with Crippen LogP contribution in [0.3, 0.4) is 0 Å². The average molecular weight is 2960 g/mol. The molecule has 0 saturated carbocycles. The van der Waals surface area contributed by atoms with E-state index in [9.17, 15) is 46.0 Å². The number of aliphatic imine (C=N–C) groups is 9. The van der Waals surface area contributed by atoms with E-state index in [2.05, 4.69) is 79.6 Å².